The lowest BCUT2D eigenvalue weighted by Gasteiger charge is -2.14. The van der Waals surface area contributed by atoms with Crippen molar-refractivity contribution in [1.82, 2.24) is 4.57 Å². The van der Waals surface area contributed by atoms with E-state index >= 15 is 0 Å². The molecule has 0 amide bonds. The molecule has 7 nitrogen and oxygen atoms in total. The zero-order chi connectivity index (χ0) is 25.0. The van der Waals surface area contributed by atoms with Gasteiger partial charge in [0, 0.05) is 22.6 Å². The number of carbonyl (C=O) groups excluding carboxylic acids is 2. The SMILES string of the molecule is COc1ccc(C(=O)OC(C)C(=O)c2cc(C)n(-c3ccc(OC(F)F)cc3)c2C)cc1OC. The number of ether oxygens (including phenoxy) is 4. The molecular weight excluding hydrogens is 448 g/mol. The number of carbonyl (C=O) groups is 2. The van der Waals surface area contributed by atoms with Gasteiger partial charge in [-0.2, -0.15) is 8.78 Å². The van der Waals surface area contributed by atoms with E-state index < -0.39 is 18.7 Å². The quantitative estimate of drug-likeness (QED) is 0.316. The lowest BCUT2D eigenvalue weighted by atomic mass is 10.1. The summed E-state index contributed by atoms with van der Waals surface area (Å²) in [5, 5.41) is 0. The Hall–Kier alpha value is -3.88. The second-order valence-corrected chi connectivity index (χ2v) is 7.47. The molecule has 1 aromatic heterocycles. The Bertz CT molecular complexity index is 1190. The molecule has 0 saturated carbocycles. The summed E-state index contributed by atoms with van der Waals surface area (Å²) in [6, 6.07) is 12.4. The highest BCUT2D eigenvalue weighted by Crippen LogP contribution is 2.28. The van der Waals surface area contributed by atoms with Crippen LogP contribution < -0.4 is 14.2 Å². The van der Waals surface area contributed by atoms with Crippen LogP contribution in [-0.2, 0) is 4.74 Å². The summed E-state index contributed by atoms with van der Waals surface area (Å²) in [6.07, 6.45) is -1.05. The zero-order valence-electron chi connectivity index (χ0n) is 19.4. The number of hydrogen-bond acceptors (Lipinski definition) is 6. The maximum Gasteiger partial charge on any atom is 0.387 e. The zero-order valence-corrected chi connectivity index (χ0v) is 19.4. The van der Waals surface area contributed by atoms with Gasteiger partial charge in [-0.15, -0.1) is 0 Å². The average Bonchev–Trinajstić information content (AvgIpc) is 3.11. The van der Waals surface area contributed by atoms with Crippen LogP contribution in [-0.4, -0.2) is 43.3 Å². The predicted molar refractivity (Wildman–Crippen MR) is 121 cm³/mol. The number of halogens is 2. The molecule has 1 atom stereocenters. The Balaban J connectivity index is 1.79. The highest BCUT2D eigenvalue weighted by molar-refractivity contribution is 6.02. The summed E-state index contributed by atoms with van der Waals surface area (Å²) in [5.74, 6) is -0.182. The molecule has 2 aromatic carbocycles. The third-order valence-electron chi connectivity index (χ3n) is 5.29. The van der Waals surface area contributed by atoms with Crippen LogP contribution in [0.15, 0.2) is 48.5 Å². The third kappa shape index (κ3) is 5.19. The van der Waals surface area contributed by atoms with E-state index in [2.05, 4.69) is 4.74 Å². The van der Waals surface area contributed by atoms with Crippen molar-refractivity contribution in [3.05, 3.63) is 71.0 Å². The number of hydrogen-bond donors (Lipinski definition) is 0. The molecular formula is C25H25F2NO6. The van der Waals surface area contributed by atoms with Gasteiger partial charge in [-0.3, -0.25) is 4.79 Å². The molecule has 0 aliphatic rings. The molecule has 0 fully saturated rings. The van der Waals surface area contributed by atoms with Gasteiger partial charge in [-0.05, 0) is 69.3 Å². The van der Waals surface area contributed by atoms with Crippen molar-refractivity contribution < 1.29 is 37.3 Å². The molecule has 0 radical (unpaired) electrons. The van der Waals surface area contributed by atoms with E-state index in [1.54, 1.807) is 31.2 Å². The van der Waals surface area contributed by atoms with Gasteiger partial charge in [0.15, 0.2) is 17.6 Å². The van der Waals surface area contributed by atoms with E-state index in [-0.39, 0.29) is 17.1 Å². The van der Waals surface area contributed by atoms with Crippen LogP contribution in [0.4, 0.5) is 8.78 Å². The lowest BCUT2D eigenvalue weighted by molar-refractivity contribution is -0.0498. The maximum atomic E-state index is 13.1. The average molecular weight is 473 g/mol. The minimum absolute atomic E-state index is 0.0354. The van der Waals surface area contributed by atoms with Crippen LogP contribution in [0.5, 0.6) is 17.2 Å². The highest BCUT2D eigenvalue weighted by Gasteiger charge is 2.25. The summed E-state index contributed by atoms with van der Waals surface area (Å²) in [7, 11) is 2.94. The van der Waals surface area contributed by atoms with Crippen LogP contribution in [0.25, 0.3) is 5.69 Å². The van der Waals surface area contributed by atoms with Crippen molar-refractivity contribution in [2.45, 2.75) is 33.5 Å². The fraction of sp³-hybridized carbons (Fsp3) is 0.280. The standard InChI is InChI=1S/C25H25F2NO6/c1-14-12-20(15(2)28(14)18-7-9-19(10-8-18)34-25(26)27)23(29)16(3)33-24(30)17-6-11-21(31-4)22(13-17)32-5/h6-13,16,25H,1-5H3. The largest absolute Gasteiger partial charge is 0.493 e. The number of aryl methyl sites for hydroxylation is 1. The van der Waals surface area contributed by atoms with E-state index in [1.165, 1.54) is 45.4 Å². The first-order valence-electron chi connectivity index (χ1n) is 10.4. The molecule has 34 heavy (non-hydrogen) atoms. The first-order valence-corrected chi connectivity index (χ1v) is 10.4. The molecule has 3 rings (SSSR count). The summed E-state index contributed by atoms with van der Waals surface area (Å²) >= 11 is 0. The molecule has 9 heteroatoms. The molecule has 0 bridgehead atoms. The number of rotatable bonds is 9. The first-order chi connectivity index (χ1) is 16.2. The van der Waals surface area contributed by atoms with Gasteiger partial charge in [-0.25, -0.2) is 4.79 Å². The molecule has 0 aliphatic carbocycles. The van der Waals surface area contributed by atoms with Crippen molar-refractivity contribution in [3.63, 3.8) is 0 Å². The second kappa shape index (κ2) is 10.4. The Labute approximate surface area is 195 Å². The van der Waals surface area contributed by atoms with Crippen LogP contribution in [0.1, 0.15) is 39.0 Å². The molecule has 1 heterocycles. The summed E-state index contributed by atoms with van der Waals surface area (Å²) in [5.41, 5.74) is 2.65. The van der Waals surface area contributed by atoms with Gasteiger partial charge in [0.1, 0.15) is 5.75 Å². The number of benzene rings is 2. The Morgan fingerprint density at radius 3 is 2.15 bits per heavy atom. The normalized spacial score (nSPS) is 11.8. The topological polar surface area (TPSA) is 76.0 Å². The first kappa shape index (κ1) is 24.8. The van der Waals surface area contributed by atoms with Crippen molar-refractivity contribution in [1.29, 1.82) is 0 Å². The number of aromatic nitrogens is 1. The monoisotopic (exact) mass is 473 g/mol. The van der Waals surface area contributed by atoms with Crippen molar-refractivity contribution in [2.75, 3.05) is 14.2 Å². The smallest absolute Gasteiger partial charge is 0.387 e. The van der Waals surface area contributed by atoms with E-state index in [0.717, 1.165) is 5.69 Å². The van der Waals surface area contributed by atoms with Crippen LogP contribution in [0, 0.1) is 13.8 Å². The molecule has 1 unspecified atom stereocenters. The Kier molecular flexibility index (Phi) is 7.55. The van der Waals surface area contributed by atoms with Gasteiger partial charge < -0.3 is 23.5 Å². The fourth-order valence-corrected chi connectivity index (χ4v) is 3.65. The minimum atomic E-state index is -2.91. The summed E-state index contributed by atoms with van der Waals surface area (Å²) < 4.78 is 46.8. The minimum Gasteiger partial charge on any atom is -0.493 e. The Morgan fingerprint density at radius 1 is 0.912 bits per heavy atom. The van der Waals surface area contributed by atoms with Gasteiger partial charge in [0.2, 0.25) is 5.78 Å². The number of Topliss-reactive ketones (excluding diaryl/α,β-unsaturated/α-hetero) is 1. The number of ketones is 1. The number of esters is 1. The van der Waals surface area contributed by atoms with Gasteiger partial charge in [0.05, 0.1) is 19.8 Å². The van der Waals surface area contributed by atoms with Crippen molar-refractivity contribution in [3.8, 4) is 22.9 Å². The van der Waals surface area contributed by atoms with Crippen molar-refractivity contribution >= 4 is 11.8 Å². The molecule has 0 aliphatic heterocycles. The van der Waals surface area contributed by atoms with Gasteiger partial charge in [-0.1, -0.05) is 0 Å². The number of alkyl halides is 2. The van der Waals surface area contributed by atoms with E-state index in [4.69, 9.17) is 14.2 Å². The van der Waals surface area contributed by atoms with E-state index in [1.807, 2.05) is 11.5 Å². The third-order valence-corrected chi connectivity index (χ3v) is 5.29. The van der Waals surface area contributed by atoms with Crippen LogP contribution in [0.3, 0.4) is 0 Å². The maximum absolute atomic E-state index is 13.1. The molecule has 0 saturated heterocycles. The van der Waals surface area contributed by atoms with Crippen LogP contribution >= 0.6 is 0 Å². The molecule has 180 valence electrons. The number of methoxy groups -OCH3 is 2. The second-order valence-electron chi connectivity index (χ2n) is 7.47. The predicted octanol–water partition coefficient (Wildman–Crippen LogP) is 5.14. The molecule has 0 spiro atoms. The molecule has 3 aromatic rings. The van der Waals surface area contributed by atoms with E-state index in [9.17, 15) is 18.4 Å². The van der Waals surface area contributed by atoms with Crippen LogP contribution in [0.2, 0.25) is 0 Å². The summed E-state index contributed by atoms with van der Waals surface area (Å²) in [4.78, 5) is 25.7. The Morgan fingerprint density at radius 2 is 1.56 bits per heavy atom. The van der Waals surface area contributed by atoms with E-state index in [0.29, 0.717) is 28.4 Å². The lowest BCUT2D eigenvalue weighted by Crippen LogP contribution is -2.25. The molecule has 0 N–H and O–H groups in total. The highest BCUT2D eigenvalue weighted by atomic mass is 19.3. The van der Waals surface area contributed by atoms with Gasteiger partial charge >= 0.3 is 12.6 Å². The number of nitrogens with zero attached hydrogens (tertiary/aromatic N) is 1. The summed E-state index contributed by atoms with van der Waals surface area (Å²) in [6.45, 7) is 2.16. The van der Waals surface area contributed by atoms with Gasteiger partial charge in [0.25, 0.3) is 0 Å². The van der Waals surface area contributed by atoms with Crippen molar-refractivity contribution in [2.24, 2.45) is 0 Å². The fourth-order valence-electron chi connectivity index (χ4n) is 3.65.